The van der Waals surface area contributed by atoms with Crippen molar-refractivity contribution in [2.45, 2.75) is 0 Å². The molecule has 0 aromatic heterocycles. The van der Waals surface area contributed by atoms with E-state index in [9.17, 15) is 9.59 Å². The number of nitrogens with one attached hydrogen (secondary N) is 1. The average molecular weight is 325 g/mol. The first kappa shape index (κ1) is 17.2. The van der Waals surface area contributed by atoms with Gasteiger partial charge in [0.2, 0.25) is 0 Å². The molecule has 6 heteroatoms. The van der Waals surface area contributed by atoms with Crippen molar-refractivity contribution in [3.05, 3.63) is 65.2 Å². The molecular weight excluding hydrogens is 306 g/mol. The Morgan fingerprint density at radius 3 is 2.12 bits per heavy atom. The summed E-state index contributed by atoms with van der Waals surface area (Å²) in [6.45, 7) is 0. The predicted molar refractivity (Wildman–Crippen MR) is 93.6 cm³/mol. The van der Waals surface area contributed by atoms with E-state index in [1.54, 1.807) is 36.4 Å². The maximum absolute atomic E-state index is 12.0. The molecule has 2 aromatic carbocycles. The number of carbonyl (C=O) groups is 2. The maximum atomic E-state index is 12.0. The second kappa shape index (κ2) is 7.92. The zero-order chi connectivity index (χ0) is 17.5. The molecule has 1 N–H and O–H groups in total. The van der Waals surface area contributed by atoms with E-state index in [2.05, 4.69) is 15.3 Å². The number of hydrazone groups is 1. The number of esters is 1. The van der Waals surface area contributed by atoms with Gasteiger partial charge in [-0.15, -0.1) is 0 Å². The van der Waals surface area contributed by atoms with Crippen LogP contribution in [0.1, 0.15) is 26.3 Å². The molecule has 0 fully saturated rings. The third-order valence-corrected chi connectivity index (χ3v) is 3.36. The van der Waals surface area contributed by atoms with E-state index < -0.39 is 5.97 Å². The van der Waals surface area contributed by atoms with Crippen LogP contribution in [0, 0.1) is 0 Å². The average Bonchev–Trinajstić information content (AvgIpc) is 2.61. The molecule has 0 aliphatic carbocycles. The Morgan fingerprint density at radius 2 is 1.58 bits per heavy atom. The monoisotopic (exact) mass is 325 g/mol. The number of hydrogen-bond donors (Lipinski definition) is 1. The summed E-state index contributed by atoms with van der Waals surface area (Å²) in [6, 6.07) is 13.9. The van der Waals surface area contributed by atoms with Crippen molar-refractivity contribution in [2.24, 2.45) is 5.10 Å². The predicted octanol–water partition coefficient (Wildman–Crippen LogP) is 2.30. The summed E-state index contributed by atoms with van der Waals surface area (Å²) < 4.78 is 4.63. The zero-order valence-electron chi connectivity index (χ0n) is 13.8. The number of rotatable bonds is 5. The minimum Gasteiger partial charge on any atom is -0.465 e. The highest BCUT2D eigenvalue weighted by molar-refractivity contribution is 5.95. The molecule has 0 spiro atoms. The van der Waals surface area contributed by atoms with Crippen molar-refractivity contribution in [3.8, 4) is 0 Å². The molecule has 0 heterocycles. The van der Waals surface area contributed by atoms with Crippen molar-refractivity contribution < 1.29 is 14.3 Å². The van der Waals surface area contributed by atoms with Gasteiger partial charge in [0.15, 0.2) is 0 Å². The van der Waals surface area contributed by atoms with E-state index in [4.69, 9.17) is 0 Å². The Morgan fingerprint density at radius 1 is 1.00 bits per heavy atom. The molecule has 124 valence electrons. The standard InChI is InChI=1S/C18H19N3O3/c1-21(2)16-10-8-14(9-11-16)17(22)20-19-12-13-4-6-15(7-5-13)18(23)24-3/h4-12H,1-3H3,(H,20,22). The van der Waals surface area contributed by atoms with Gasteiger partial charge in [-0.2, -0.15) is 5.10 Å². The quantitative estimate of drug-likeness (QED) is 0.520. The van der Waals surface area contributed by atoms with Crippen LogP contribution >= 0.6 is 0 Å². The molecule has 0 saturated carbocycles. The summed E-state index contributed by atoms with van der Waals surface area (Å²) in [6.07, 6.45) is 1.51. The summed E-state index contributed by atoms with van der Waals surface area (Å²) in [5.74, 6) is -0.685. The summed E-state index contributed by atoms with van der Waals surface area (Å²) in [4.78, 5) is 25.3. The van der Waals surface area contributed by atoms with Crippen LogP contribution in [0.4, 0.5) is 5.69 Å². The molecule has 0 bridgehead atoms. The summed E-state index contributed by atoms with van der Waals surface area (Å²) in [5, 5.41) is 3.92. The number of ether oxygens (including phenoxy) is 1. The molecular formula is C18H19N3O3. The number of benzene rings is 2. The highest BCUT2D eigenvalue weighted by Gasteiger charge is 2.05. The van der Waals surface area contributed by atoms with E-state index in [0.717, 1.165) is 11.3 Å². The Labute approximate surface area is 140 Å². The third-order valence-electron chi connectivity index (χ3n) is 3.36. The van der Waals surface area contributed by atoms with Gasteiger partial charge in [0.1, 0.15) is 0 Å². The lowest BCUT2D eigenvalue weighted by atomic mass is 10.1. The first-order valence-electron chi connectivity index (χ1n) is 7.30. The molecule has 6 nitrogen and oxygen atoms in total. The number of carbonyl (C=O) groups excluding carboxylic acids is 2. The Kier molecular flexibility index (Phi) is 5.68. The normalized spacial score (nSPS) is 10.5. The molecule has 2 aromatic rings. The van der Waals surface area contributed by atoms with Crippen LogP contribution in [-0.4, -0.2) is 39.3 Å². The number of nitrogens with zero attached hydrogens (tertiary/aromatic N) is 2. The lowest BCUT2D eigenvalue weighted by Gasteiger charge is -2.12. The van der Waals surface area contributed by atoms with E-state index in [1.165, 1.54) is 13.3 Å². The van der Waals surface area contributed by atoms with E-state index >= 15 is 0 Å². The van der Waals surface area contributed by atoms with Crippen LogP contribution < -0.4 is 10.3 Å². The molecule has 0 radical (unpaired) electrons. The smallest absolute Gasteiger partial charge is 0.337 e. The van der Waals surface area contributed by atoms with E-state index in [0.29, 0.717) is 11.1 Å². The highest BCUT2D eigenvalue weighted by atomic mass is 16.5. The van der Waals surface area contributed by atoms with Gasteiger partial charge in [-0.1, -0.05) is 12.1 Å². The fraction of sp³-hybridized carbons (Fsp3) is 0.167. The molecule has 24 heavy (non-hydrogen) atoms. The summed E-state index contributed by atoms with van der Waals surface area (Å²) >= 11 is 0. The Balaban J connectivity index is 1.95. The molecule has 0 aliphatic heterocycles. The summed E-state index contributed by atoms with van der Waals surface area (Å²) in [5.41, 5.74) is 5.22. The van der Waals surface area contributed by atoms with E-state index in [1.807, 2.05) is 31.1 Å². The Bertz CT molecular complexity index is 735. The van der Waals surface area contributed by atoms with Crippen LogP contribution in [0.15, 0.2) is 53.6 Å². The van der Waals surface area contributed by atoms with Crippen LogP contribution in [0.2, 0.25) is 0 Å². The van der Waals surface area contributed by atoms with Gasteiger partial charge in [-0.25, -0.2) is 10.2 Å². The van der Waals surface area contributed by atoms with Crippen LogP contribution in [0.25, 0.3) is 0 Å². The van der Waals surface area contributed by atoms with Gasteiger partial charge in [0.25, 0.3) is 5.91 Å². The topological polar surface area (TPSA) is 71.0 Å². The lowest BCUT2D eigenvalue weighted by Crippen LogP contribution is -2.18. The van der Waals surface area contributed by atoms with Crippen molar-refractivity contribution in [2.75, 3.05) is 26.1 Å². The van der Waals surface area contributed by atoms with Crippen molar-refractivity contribution in [3.63, 3.8) is 0 Å². The number of anilines is 1. The maximum Gasteiger partial charge on any atom is 0.337 e. The van der Waals surface area contributed by atoms with Gasteiger partial charge in [0.05, 0.1) is 18.9 Å². The SMILES string of the molecule is COC(=O)c1ccc(C=NNC(=O)c2ccc(N(C)C)cc2)cc1. The van der Waals surface area contributed by atoms with Gasteiger partial charge in [-0.05, 0) is 42.0 Å². The molecule has 0 saturated heterocycles. The number of amides is 1. The molecule has 0 unspecified atom stereocenters. The first-order chi connectivity index (χ1) is 11.5. The van der Waals surface area contributed by atoms with Crippen molar-refractivity contribution in [1.29, 1.82) is 0 Å². The fourth-order valence-corrected chi connectivity index (χ4v) is 1.96. The van der Waals surface area contributed by atoms with Crippen molar-refractivity contribution >= 4 is 23.8 Å². The van der Waals surface area contributed by atoms with Gasteiger partial charge in [-0.3, -0.25) is 4.79 Å². The second-order valence-electron chi connectivity index (χ2n) is 5.25. The fourth-order valence-electron chi connectivity index (χ4n) is 1.96. The minimum atomic E-state index is -0.395. The summed E-state index contributed by atoms with van der Waals surface area (Å²) in [7, 11) is 5.20. The lowest BCUT2D eigenvalue weighted by molar-refractivity contribution is 0.0600. The Hall–Kier alpha value is -3.15. The van der Waals surface area contributed by atoms with Gasteiger partial charge in [0, 0.05) is 25.3 Å². The molecule has 0 aliphatic rings. The highest BCUT2D eigenvalue weighted by Crippen LogP contribution is 2.12. The minimum absolute atomic E-state index is 0.289. The number of hydrogen-bond acceptors (Lipinski definition) is 5. The largest absolute Gasteiger partial charge is 0.465 e. The first-order valence-corrected chi connectivity index (χ1v) is 7.30. The third kappa shape index (κ3) is 4.42. The second-order valence-corrected chi connectivity index (χ2v) is 5.25. The van der Waals surface area contributed by atoms with Gasteiger partial charge >= 0.3 is 5.97 Å². The van der Waals surface area contributed by atoms with Crippen LogP contribution in [-0.2, 0) is 4.74 Å². The van der Waals surface area contributed by atoms with Gasteiger partial charge < -0.3 is 9.64 Å². The van der Waals surface area contributed by atoms with Crippen molar-refractivity contribution in [1.82, 2.24) is 5.43 Å². The van der Waals surface area contributed by atoms with Crippen LogP contribution in [0.5, 0.6) is 0 Å². The number of methoxy groups -OCH3 is 1. The van der Waals surface area contributed by atoms with Crippen LogP contribution in [0.3, 0.4) is 0 Å². The van der Waals surface area contributed by atoms with E-state index in [-0.39, 0.29) is 5.91 Å². The zero-order valence-corrected chi connectivity index (χ0v) is 13.8. The molecule has 0 atom stereocenters. The molecule has 2 rings (SSSR count). The molecule has 1 amide bonds.